The Morgan fingerprint density at radius 1 is 1.53 bits per heavy atom. The van der Waals surface area contributed by atoms with Gasteiger partial charge in [0.2, 0.25) is 0 Å². The molecule has 17 heavy (non-hydrogen) atoms. The molecule has 0 aliphatic heterocycles. The largest absolute Gasteiger partial charge is 0.466 e. The van der Waals surface area contributed by atoms with Crippen molar-refractivity contribution in [3.8, 4) is 0 Å². The fourth-order valence-electron chi connectivity index (χ4n) is 1.36. The van der Waals surface area contributed by atoms with E-state index in [1.54, 1.807) is 6.92 Å². The minimum absolute atomic E-state index is 0.191. The van der Waals surface area contributed by atoms with Gasteiger partial charge in [-0.25, -0.2) is 0 Å². The fraction of sp³-hybridized carbons (Fsp3) is 0.417. The normalized spacial score (nSPS) is 10.1. The first-order chi connectivity index (χ1) is 8.04. The number of esters is 1. The number of anilines is 2. The van der Waals surface area contributed by atoms with Crippen LogP contribution in [-0.2, 0) is 9.53 Å². The highest BCUT2D eigenvalue weighted by atomic mass is 79.9. The minimum Gasteiger partial charge on any atom is -0.466 e. The predicted octanol–water partition coefficient (Wildman–Crippen LogP) is 2.70. The summed E-state index contributed by atoms with van der Waals surface area (Å²) in [6, 6.07) is 3.80. The molecule has 0 saturated heterocycles. The van der Waals surface area contributed by atoms with Gasteiger partial charge in [0.15, 0.2) is 0 Å². The highest BCUT2D eigenvalue weighted by molar-refractivity contribution is 9.10. The van der Waals surface area contributed by atoms with Crippen molar-refractivity contribution in [2.24, 2.45) is 0 Å². The van der Waals surface area contributed by atoms with E-state index in [2.05, 4.69) is 21.2 Å². The fourth-order valence-corrected chi connectivity index (χ4v) is 1.87. The molecule has 0 amide bonds. The van der Waals surface area contributed by atoms with E-state index < -0.39 is 0 Å². The first kappa shape index (κ1) is 13.8. The van der Waals surface area contributed by atoms with Crippen LogP contribution in [0.15, 0.2) is 16.6 Å². The van der Waals surface area contributed by atoms with E-state index in [9.17, 15) is 4.79 Å². The second-order valence-corrected chi connectivity index (χ2v) is 4.52. The summed E-state index contributed by atoms with van der Waals surface area (Å²) in [6.07, 6.45) is 0.351. The molecule has 94 valence electrons. The molecule has 0 atom stereocenters. The van der Waals surface area contributed by atoms with Crippen LogP contribution in [-0.4, -0.2) is 19.1 Å². The van der Waals surface area contributed by atoms with E-state index in [0.717, 1.165) is 21.4 Å². The van der Waals surface area contributed by atoms with Gasteiger partial charge in [-0.1, -0.05) is 0 Å². The summed E-state index contributed by atoms with van der Waals surface area (Å²) in [7, 11) is 0. The van der Waals surface area contributed by atoms with E-state index >= 15 is 0 Å². The molecular formula is C12H17BrN2O2. The number of ether oxygens (including phenoxy) is 1. The van der Waals surface area contributed by atoms with Crippen molar-refractivity contribution in [1.82, 2.24) is 0 Å². The second kappa shape index (κ2) is 6.49. The van der Waals surface area contributed by atoms with Gasteiger partial charge in [-0.05, 0) is 47.5 Å². The van der Waals surface area contributed by atoms with E-state index in [1.807, 2.05) is 19.1 Å². The smallest absolute Gasteiger partial charge is 0.307 e. The van der Waals surface area contributed by atoms with Crippen molar-refractivity contribution < 1.29 is 9.53 Å². The number of rotatable bonds is 5. The van der Waals surface area contributed by atoms with E-state index in [-0.39, 0.29) is 5.97 Å². The highest BCUT2D eigenvalue weighted by Gasteiger charge is 2.05. The average Bonchev–Trinajstić information content (AvgIpc) is 2.26. The molecular weight excluding hydrogens is 284 g/mol. The molecule has 0 fully saturated rings. The molecule has 0 heterocycles. The lowest BCUT2D eigenvalue weighted by Gasteiger charge is -2.10. The van der Waals surface area contributed by atoms with E-state index in [0.29, 0.717) is 19.6 Å². The van der Waals surface area contributed by atoms with Gasteiger partial charge >= 0.3 is 5.97 Å². The predicted molar refractivity (Wildman–Crippen MR) is 73.0 cm³/mol. The molecule has 1 rings (SSSR count). The van der Waals surface area contributed by atoms with Crippen LogP contribution in [0.1, 0.15) is 18.9 Å². The maximum atomic E-state index is 11.1. The van der Waals surface area contributed by atoms with Crippen molar-refractivity contribution >= 4 is 33.3 Å². The van der Waals surface area contributed by atoms with Crippen molar-refractivity contribution in [3.63, 3.8) is 0 Å². The summed E-state index contributed by atoms with van der Waals surface area (Å²) in [5.74, 6) is -0.191. The number of halogens is 1. The number of nitrogens with one attached hydrogen (secondary N) is 1. The molecule has 1 aromatic rings. The third kappa shape index (κ3) is 4.26. The highest BCUT2D eigenvalue weighted by Crippen LogP contribution is 2.27. The second-order valence-electron chi connectivity index (χ2n) is 3.67. The third-order valence-electron chi connectivity index (χ3n) is 2.31. The first-order valence-electron chi connectivity index (χ1n) is 5.49. The lowest BCUT2D eigenvalue weighted by Crippen LogP contribution is -2.11. The van der Waals surface area contributed by atoms with Gasteiger partial charge in [0.1, 0.15) is 0 Å². The molecule has 0 radical (unpaired) electrons. The van der Waals surface area contributed by atoms with Gasteiger partial charge in [0.25, 0.3) is 0 Å². The molecule has 3 N–H and O–H groups in total. The number of carbonyl (C=O) groups is 1. The Labute approximate surface area is 110 Å². The minimum atomic E-state index is -0.191. The van der Waals surface area contributed by atoms with E-state index in [4.69, 9.17) is 10.5 Å². The molecule has 0 aliphatic rings. The summed E-state index contributed by atoms with van der Waals surface area (Å²) in [6.45, 7) is 4.70. The number of carbonyl (C=O) groups excluding carboxylic acids is 1. The van der Waals surface area contributed by atoms with Gasteiger partial charge in [0, 0.05) is 22.4 Å². The lowest BCUT2D eigenvalue weighted by atomic mass is 10.2. The van der Waals surface area contributed by atoms with Crippen LogP contribution < -0.4 is 11.1 Å². The molecule has 0 bridgehead atoms. The monoisotopic (exact) mass is 300 g/mol. The Bertz CT molecular complexity index is 408. The molecule has 0 aliphatic carbocycles. The van der Waals surface area contributed by atoms with Crippen LogP contribution in [0.2, 0.25) is 0 Å². The van der Waals surface area contributed by atoms with Crippen molar-refractivity contribution in [2.75, 3.05) is 24.2 Å². The van der Waals surface area contributed by atoms with Crippen LogP contribution in [0.25, 0.3) is 0 Å². The van der Waals surface area contributed by atoms with Gasteiger partial charge in [-0.2, -0.15) is 0 Å². The Morgan fingerprint density at radius 3 is 2.88 bits per heavy atom. The van der Waals surface area contributed by atoms with Crippen molar-refractivity contribution in [2.45, 2.75) is 20.3 Å². The Hall–Kier alpha value is -1.23. The number of hydrogen-bond acceptors (Lipinski definition) is 4. The van der Waals surface area contributed by atoms with Crippen LogP contribution in [0.3, 0.4) is 0 Å². The van der Waals surface area contributed by atoms with Crippen LogP contribution in [0, 0.1) is 6.92 Å². The summed E-state index contributed by atoms with van der Waals surface area (Å²) in [4.78, 5) is 11.1. The SMILES string of the molecule is CCOC(=O)CCNc1cc(C)c(N)cc1Br. The number of hydrogen-bond donors (Lipinski definition) is 2. The quantitative estimate of drug-likeness (QED) is 0.648. The average molecular weight is 301 g/mol. The molecule has 0 unspecified atom stereocenters. The zero-order chi connectivity index (χ0) is 12.8. The summed E-state index contributed by atoms with van der Waals surface area (Å²) in [5, 5.41) is 3.17. The van der Waals surface area contributed by atoms with E-state index in [1.165, 1.54) is 0 Å². The lowest BCUT2D eigenvalue weighted by molar-refractivity contribution is -0.142. The van der Waals surface area contributed by atoms with Gasteiger partial charge in [-0.15, -0.1) is 0 Å². The zero-order valence-corrected chi connectivity index (χ0v) is 11.6. The van der Waals surface area contributed by atoms with Gasteiger partial charge < -0.3 is 15.8 Å². The van der Waals surface area contributed by atoms with Crippen LogP contribution in [0.4, 0.5) is 11.4 Å². The molecule has 0 spiro atoms. The number of nitrogen functional groups attached to an aromatic ring is 1. The maximum absolute atomic E-state index is 11.1. The van der Waals surface area contributed by atoms with Crippen molar-refractivity contribution in [1.29, 1.82) is 0 Å². The number of nitrogens with two attached hydrogens (primary N) is 1. The van der Waals surface area contributed by atoms with Gasteiger partial charge in [0.05, 0.1) is 13.0 Å². The number of aryl methyl sites for hydroxylation is 1. The summed E-state index contributed by atoms with van der Waals surface area (Å²) < 4.78 is 5.74. The molecule has 4 nitrogen and oxygen atoms in total. The molecule has 1 aromatic carbocycles. The Kier molecular flexibility index (Phi) is 5.28. The van der Waals surface area contributed by atoms with Gasteiger partial charge in [-0.3, -0.25) is 4.79 Å². The first-order valence-corrected chi connectivity index (χ1v) is 6.29. The standard InChI is InChI=1S/C12H17BrN2O2/c1-3-17-12(16)4-5-15-11-6-8(2)10(14)7-9(11)13/h6-7,15H,3-5,14H2,1-2H3. The summed E-state index contributed by atoms with van der Waals surface area (Å²) >= 11 is 3.42. The summed E-state index contributed by atoms with van der Waals surface area (Å²) in [5.41, 5.74) is 8.46. The molecule has 5 heteroatoms. The van der Waals surface area contributed by atoms with Crippen LogP contribution in [0.5, 0.6) is 0 Å². The molecule has 0 aromatic heterocycles. The third-order valence-corrected chi connectivity index (χ3v) is 2.96. The molecule has 0 saturated carbocycles. The Morgan fingerprint density at radius 2 is 2.24 bits per heavy atom. The van der Waals surface area contributed by atoms with Crippen LogP contribution >= 0.6 is 15.9 Å². The maximum Gasteiger partial charge on any atom is 0.307 e. The number of benzene rings is 1. The zero-order valence-electron chi connectivity index (χ0n) is 10.0. The Balaban J connectivity index is 2.52. The van der Waals surface area contributed by atoms with Crippen molar-refractivity contribution in [3.05, 3.63) is 22.2 Å². The topological polar surface area (TPSA) is 64.3 Å².